The second-order valence-electron chi connectivity index (χ2n) is 5.93. The van der Waals surface area contributed by atoms with Gasteiger partial charge in [0.1, 0.15) is 0 Å². The van der Waals surface area contributed by atoms with Crippen LogP contribution in [0.2, 0.25) is 0 Å². The Morgan fingerprint density at radius 1 is 1.11 bits per heavy atom. The van der Waals surface area contributed by atoms with E-state index in [-0.39, 0.29) is 0 Å². The van der Waals surface area contributed by atoms with Gasteiger partial charge < -0.3 is 15.0 Å². The summed E-state index contributed by atoms with van der Waals surface area (Å²) in [6.45, 7) is 8.96. The first-order chi connectivity index (χ1) is 8.88. The normalized spacial score (nSPS) is 22.5. The second kappa shape index (κ2) is 8.13. The summed E-state index contributed by atoms with van der Waals surface area (Å²) in [6.07, 6.45) is 8.00. The summed E-state index contributed by atoms with van der Waals surface area (Å²) in [5, 5.41) is 3.73. The molecule has 0 aromatic carbocycles. The Morgan fingerprint density at radius 3 is 2.56 bits per heavy atom. The van der Waals surface area contributed by atoms with Gasteiger partial charge in [0.15, 0.2) is 0 Å². The van der Waals surface area contributed by atoms with E-state index in [1.165, 1.54) is 58.2 Å². The van der Waals surface area contributed by atoms with E-state index in [1.54, 1.807) is 0 Å². The fraction of sp³-hybridized carbons (Fsp3) is 1.00. The predicted molar refractivity (Wildman–Crippen MR) is 75.9 cm³/mol. The number of rotatable bonds is 9. The number of ether oxygens (including phenoxy) is 1. The molecule has 106 valence electrons. The van der Waals surface area contributed by atoms with Crippen molar-refractivity contribution in [1.82, 2.24) is 10.2 Å². The number of piperidine rings is 1. The molecular weight excluding hydrogens is 224 g/mol. The molecule has 1 aliphatic carbocycles. The van der Waals surface area contributed by atoms with Crippen LogP contribution in [0.25, 0.3) is 0 Å². The molecule has 1 saturated heterocycles. The number of nitrogens with one attached hydrogen (secondary N) is 1. The largest absolute Gasteiger partial charge is 0.380 e. The molecule has 1 aliphatic heterocycles. The molecule has 2 rings (SSSR count). The third-order valence-corrected chi connectivity index (χ3v) is 4.17. The Bertz CT molecular complexity index is 211. The van der Waals surface area contributed by atoms with Crippen LogP contribution in [-0.4, -0.2) is 50.3 Å². The van der Waals surface area contributed by atoms with Crippen LogP contribution < -0.4 is 5.32 Å². The number of nitrogens with zero attached hydrogens (tertiary/aromatic N) is 1. The van der Waals surface area contributed by atoms with Crippen molar-refractivity contribution in [3.63, 3.8) is 0 Å². The van der Waals surface area contributed by atoms with Crippen molar-refractivity contribution in [3.8, 4) is 0 Å². The van der Waals surface area contributed by atoms with Crippen LogP contribution in [-0.2, 0) is 4.74 Å². The minimum absolute atomic E-state index is 0.780. The van der Waals surface area contributed by atoms with E-state index >= 15 is 0 Å². The number of unbranched alkanes of at least 4 members (excludes halogenated alkanes) is 1. The highest BCUT2D eigenvalue weighted by Gasteiger charge is 2.24. The maximum Gasteiger partial charge on any atom is 0.0593 e. The van der Waals surface area contributed by atoms with Crippen LogP contribution in [0.1, 0.15) is 45.4 Å². The van der Waals surface area contributed by atoms with Gasteiger partial charge in [-0.3, -0.25) is 0 Å². The third-order valence-electron chi connectivity index (χ3n) is 4.17. The lowest BCUT2D eigenvalue weighted by molar-refractivity contribution is 0.0900. The topological polar surface area (TPSA) is 24.5 Å². The molecule has 0 aromatic rings. The average molecular weight is 254 g/mol. The molecule has 0 unspecified atom stereocenters. The van der Waals surface area contributed by atoms with E-state index in [1.807, 2.05) is 0 Å². The van der Waals surface area contributed by atoms with Gasteiger partial charge in [0, 0.05) is 19.2 Å². The molecule has 0 radical (unpaired) electrons. The first-order valence-electron chi connectivity index (χ1n) is 7.92. The molecule has 0 spiro atoms. The molecule has 1 N–H and O–H groups in total. The molecule has 3 nitrogen and oxygen atoms in total. The lowest BCUT2D eigenvalue weighted by Gasteiger charge is -2.32. The molecular formula is C15H30N2O. The fourth-order valence-corrected chi connectivity index (χ4v) is 2.56. The van der Waals surface area contributed by atoms with E-state index in [2.05, 4.69) is 17.1 Å². The number of hydrogen-bond acceptors (Lipinski definition) is 3. The van der Waals surface area contributed by atoms with Gasteiger partial charge in [-0.05, 0) is 57.7 Å². The average Bonchev–Trinajstić information content (AvgIpc) is 3.22. The van der Waals surface area contributed by atoms with Gasteiger partial charge in [-0.15, -0.1) is 0 Å². The molecule has 1 saturated carbocycles. The zero-order chi connectivity index (χ0) is 12.6. The molecule has 2 aliphatic rings. The molecule has 1 heterocycles. The lowest BCUT2D eigenvalue weighted by atomic mass is 10.0. The highest BCUT2D eigenvalue weighted by molar-refractivity contribution is 4.81. The predicted octanol–water partition coefficient (Wildman–Crippen LogP) is 2.27. The summed E-state index contributed by atoms with van der Waals surface area (Å²) in [5.41, 5.74) is 0. The van der Waals surface area contributed by atoms with Gasteiger partial charge >= 0.3 is 0 Å². The minimum atomic E-state index is 0.780. The maximum absolute atomic E-state index is 5.63. The van der Waals surface area contributed by atoms with E-state index < -0.39 is 0 Å². The molecule has 3 heteroatoms. The first kappa shape index (κ1) is 14.3. The van der Waals surface area contributed by atoms with Crippen LogP contribution in [0.15, 0.2) is 0 Å². The third kappa shape index (κ3) is 5.68. The summed E-state index contributed by atoms with van der Waals surface area (Å²) in [6, 6.07) is 0.780. The Morgan fingerprint density at radius 2 is 1.89 bits per heavy atom. The summed E-state index contributed by atoms with van der Waals surface area (Å²) >= 11 is 0. The van der Waals surface area contributed by atoms with Gasteiger partial charge in [0.05, 0.1) is 6.61 Å². The van der Waals surface area contributed by atoms with Gasteiger partial charge in [-0.1, -0.05) is 13.3 Å². The quantitative estimate of drug-likeness (QED) is 0.639. The van der Waals surface area contributed by atoms with E-state index in [9.17, 15) is 0 Å². The van der Waals surface area contributed by atoms with Crippen LogP contribution in [0, 0.1) is 5.92 Å². The molecule has 18 heavy (non-hydrogen) atoms. The van der Waals surface area contributed by atoms with Gasteiger partial charge in [-0.25, -0.2) is 0 Å². The smallest absolute Gasteiger partial charge is 0.0593 e. The Balaban J connectivity index is 1.45. The summed E-state index contributed by atoms with van der Waals surface area (Å²) in [7, 11) is 0. The molecule has 2 fully saturated rings. The van der Waals surface area contributed by atoms with E-state index in [0.717, 1.165) is 31.7 Å². The Kier molecular flexibility index (Phi) is 6.46. The maximum atomic E-state index is 5.63. The zero-order valence-electron chi connectivity index (χ0n) is 12.0. The molecule has 0 amide bonds. The highest BCUT2D eigenvalue weighted by Crippen LogP contribution is 2.28. The van der Waals surface area contributed by atoms with Crippen molar-refractivity contribution in [1.29, 1.82) is 0 Å². The van der Waals surface area contributed by atoms with Crippen LogP contribution in [0.4, 0.5) is 0 Å². The molecule has 0 bridgehead atoms. The minimum Gasteiger partial charge on any atom is -0.380 e. The van der Waals surface area contributed by atoms with Crippen molar-refractivity contribution in [3.05, 3.63) is 0 Å². The SMILES string of the molecule is CCCCOCCN1CCC(NCC2CC2)CC1. The summed E-state index contributed by atoms with van der Waals surface area (Å²) in [5.74, 6) is 1.01. The van der Waals surface area contributed by atoms with Crippen molar-refractivity contribution in [2.75, 3.05) is 39.4 Å². The molecule has 0 atom stereocenters. The monoisotopic (exact) mass is 254 g/mol. The van der Waals surface area contributed by atoms with Gasteiger partial charge in [-0.2, -0.15) is 0 Å². The number of hydrogen-bond donors (Lipinski definition) is 1. The van der Waals surface area contributed by atoms with Crippen molar-refractivity contribution in [2.24, 2.45) is 5.92 Å². The van der Waals surface area contributed by atoms with E-state index in [4.69, 9.17) is 4.74 Å². The Labute approximate surface area is 112 Å². The van der Waals surface area contributed by atoms with Gasteiger partial charge in [0.2, 0.25) is 0 Å². The van der Waals surface area contributed by atoms with Gasteiger partial charge in [0.25, 0.3) is 0 Å². The second-order valence-corrected chi connectivity index (χ2v) is 5.93. The van der Waals surface area contributed by atoms with Crippen LogP contribution in [0.5, 0.6) is 0 Å². The molecule has 0 aromatic heterocycles. The Hall–Kier alpha value is -0.120. The summed E-state index contributed by atoms with van der Waals surface area (Å²) in [4.78, 5) is 2.56. The number of likely N-dealkylation sites (tertiary alicyclic amines) is 1. The van der Waals surface area contributed by atoms with Crippen LogP contribution in [0.3, 0.4) is 0 Å². The highest BCUT2D eigenvalue weighted by atomic mass is 16.5. The first-order valence-corrected chi connectivity index (χ1v) is 7.92. The zero-order valence-corrected chi connectivity index (χ0v) is 12.0. The standard InChI is InChI=1S/C15H30N2O/c1-2-3-11-18-12-10-17-8-6-15(7-9-17)16-13-14-4-5-14/h14-16H,2-13H2,1H3. The van der Waals surface area contributed by atoms with Crippen LogP contribution >= 0.6 is 0 Å². The van der Waals surface area contributed by atoms with Crippen molar-refractivity contribution < 1.29 is 4.74 Å². The summed E-state index contributed by atoms with van der Waals surface area (Å²) < 4.78 is 5.63. The van der Waals surface area contributed by atoms with Crippen molar-refractivity contribution in [2.45, 2.75) is 51.5 Å². The van der Waals surface area contributed by atoms with E-state index in [0.29, 0.717) is 0 Å². The fourth-order valence-electron chi connectivity index (χ4n) is 2.56. The lowest BCUT2D eigenvalue weighted by Crippen LogP contribution is -2.44. The van der Waals surface area contributed by atoms with Crippen molar-refractivity contribution >= 4 is 0 Å².